The maximum absolute atomic E-state index is 12.6. The quantitative estimate of drug-likeness (QED) is 0.707. The standard InChI is InChI=1S/C9H8F2.CH2O2/c10-8-4-3-7(5-9(8)11)6-1-2-6;2-1-3/h3-6H,1-2H2;1H,(H,2,3). The maximum atomic E-state index is 12.6. The van der Waals surface area contributed by atoms with Crippen LogP contribution >= 0.6 is 0 Å². The molecule has 1 aromatic carbocycles. The molecule has 0 spiro atoms. The smallest absolute Gasteiger partial charge is 0.290 e. The van der Waals surface area contributed by atoms with E-state index in [0.717, 1.165) is 18.4 Å². The van der Waals surface area contributed by atoms with E-state index in [1.807, 2.05) is 0 Å². The molecule has 2 rings (SSSR count). The van der Waals surface area contributed by atoms with Crippen LogP contribution in [0.2, 0.25) is 0 Å². The predicted octanol–water partition coefficient (Wildman–Crippen LogP) is 2.54. The lowest BCUT2D eigenvalue weighted by Crippen LogP contribution is -1.86. The van der Waals surface area contributed by atoms with Crippen LogP contribution in [0.25, 0.3) is 0 Å². The van der Waals surface area contributed by atoms with Crippen LogP contribution in [0.1, 0.15) is 24.3 Å². The van der Waals surface area contributed by atoms with Crippen molar-refractivity contribution in [3.8, 4) is 0 Å². The molecule has 0 radical (unpaired) electrons. The van der Waals surface area contributed by atoms with Gasteiger partial charge in [0.2, 0.25) is 0 Å². The number of halogens is 2. The van der Waals surface area contributed by atoms with E-state index in [1.54, 1.807) is 6.07 Å². The SMILES string of the molecule is Fc1ccc(C2CC2)cc1F.O=CO. The van der Waals surface area contributed by atoms with Gasteiger partial charge in [-0.25, -0.2) is 8.78 Å². The summed E-state index contributed by atoms with van der Waals surface area (Å²) in [6.45, 7) is -0.250. The molecule has 4 heteroatoms. The minimum atomic E-state index is -0.755. The van der Waals surface area contributed by atoms with E-state index in [9.17, 15) is 8.78 Å². The zero-order chi connectivity index (χ0) is 10.6. The Bertz CT molecular complexity index is 322. The Labute approximate surface area is 80.2 Å². The van der Waals surface area contributed by atoms with Gasteiger partial charge < -0.3 is 5.11 Å². The van der Waals surface area contributed by atoms with Crippen LogP contribution in [0, 0.1) is 11.6 Å². The average Bonchev–Trinajstić information content (AvgIpc) is 2.94. The van der Waals surface area contributed by atoms with Crippen LogP contribution < -0.4 is 0 Å². The third kappa shape index (κ3) is 2.80. The van der Waals surface area contributed by atoms with Crippen LogP contribution in [0.15, 0.2) is 18.2 Å². The number of benzene rings is 1. The van der Waals surface area contributed by atoms with Crippen LogP contribution in [-0.4, -0.2) is 11.6 Å². The first kappa shape index (κ1) is 10.6. The molecule has 0 atom stereocenters. The Kier molecular flexibility index (Phi) is 3.56. The fraction of sp³-hybridized carbons (Fsp3) is 0.300. The van der Waals surface area contributed by atoms with E-state index >= 15 is 0 Å². The lowest BCUT2D eigenvalue weighted by atomic mass is 10.1. The summed E-state index contributed by atoms with van der Waals surface area (Å²) in [5.74, 6) is -0.992. The van der Waals surface area contributed by atoms with Gasteiger partial charge in [-0.3, -0.25) is 4.79 Å². The predicted molar refractivity (Wildman–Crippen MR) is 47.0 cm³/mol. The van der Waals surface area contributed by atoms with Crippen molar-refractivity contribution in [2.45, 2.75) is 18.8 Å². The van der Waals surface area contributed by atoms with Crippen molar-refractivity contribution >= 4 is 6.47 Å². The van der Waals surface area contributed by atoms with Crippen molar-refractivity contribution in [3.05, 3.63) is 35.4 Å². The molecule has 1 fully saturated rings. The fourth-order valence-electron chi connectivity index (χ4n) is 1.18. The van der Waals surface area contributed by atoms with Crippen LogP contribution in [-0.2, 0) is 4.79 Å². The van der Waals surface area contributed by atoms with E-state index in [0.29, 0.717) is 5.92 Å². The van der Waals surface area contributed by atoms with Gasteiger partial charge in [0.15, 0.2) is 11.6 Å². The third-order valence-electron chi connectivity index (χ3n) is 1.99. The summed E-state index contributed by atoms with van der Waals surface area (Å²) in [6, 6.07) is 4.16. The molecule has 0 heterocycles. The van der Waals surface area contributed by atoms with Gasteiger partial charge >= 0.3 is 0 Å². The monoisotopic (exact) mass is 200 g/mol. The van der Waals surface area contributed by atoms with E-state index in [2.05, 4.69) is 0 Å². The zero-order valence-electron chi connectivity index (χ0n) is 7.41. The molecule has 1 saturated carbocycles. The van der Waals surface area contributed by atoms with Gasteiger partial charge in [0.1, 0.15) is 0 Å². The largest absolute Gasteiger partial charge is 0.483 e. The Balaban J connectivity index is 0.000000293. The summed E-state index contributed by atoms with van der Waals surface area (Å²) >= 11 is 0. The first-order valence-corrected chi connectivity index (χ1v) is 4.22. The summed E-state index contributed by atoms with van der Waals surface area (Å²) in [5, 5.41) is 6.89. The number of carboxylic acid groups (broad SMARTS) is 1. The van der Waals surface area contributed by atoms with Gasteiger partial charge in [0.25, 0.3) is 6.47 Å². The number of carbonyl (C=O) groups is 1. The van der Waals surface area contributed by atoms with Crippen molar-refractivity contribution in [1.82, 2.24) is 0 Å². The summed E-state index contributed by atoms with van der Waals surface area (Å²) in [6.07, 6.45) is 2.23. The molecule has 0 amide bonds. The van der Waals surface area contributed by atoms with Crippen molar-refractivity contribution in [2.24, 2.45) is 0 Å². The molecule has 14 heavy (non-hydrogen) atoms. The molecule has 0 saturated heterocycles. The molecule has 1 aliphatic rings. The van der Waals surface area contributed by atoms with Crippen molar-refractivity contribution < 1.29 is 18.7 Å². The van der Waals surface area contributed by atoms with Gasteiger partial charge in [0.05, 0.1) is 0 Å². The minimum absolute atomic E-state index is 0.250. The molecule has 2 nitrogen and oxygen atoms in total. The van der Waals surface area contributed by atoms with Gasteiger partial charge in [0, 0.05) is 0 Å². The average molecular weight is 200 g/mol. The molecule has 0 aliphatic heterocycles. The Morgan fingerprint density at radius 2 is 1.86 bits per heavy atom. The Morgan fingerprint density at radius 1 is 1.29 bits per heavy atom. The van der Waals surface area contributed by atoms with Crippen molar-refractivity contribution in [2.75, 3.05) is 0 Å². The molecule has 1 aliphatic carbocycles. The second-order valence-corrected chi connectivity index (χ2v) is 3.05. The molecular formula is C10H10F2O2. The lowest BCUT2D eigenvalue weighted by Gasteiger charge is -1.97. The van der Waals surface area contributed by atoms with Gasteiger partial charge in [-0.2, -0.15) is 0 Å². The van der Waals surface area contributed by atoms with Gasteiger partial charge in [-0.15, -0.1) is 0 Å². The van der Waals surface area contributed by atoms with Crippen LogP contribution in [0.5, 0.6) is 0 Å². The Morgan fingerprint density at radius 3 is 2.29 bits per heavy atom. The molecule has 1 aromatic rings. The van der Waals surface area contributed by atoms with E-state index in [1.165, 1.54) is 12.1 Å². The highest BCUT2D eigenvalue weighted by Crippen LogP contribution is 2.40. The lowest BCUT2D eigenvalue weighted by molar-refractivity contribution is -0.122. The molecule has 76 valence electrons. The second kappa shape index (κ2) is 4.69. The van der Waals surface area contributed by atoms with Crippen LogP contribution in [0.4, 0.5) is 8.78 Å². The number of hydrogen-bond acceptors (Lipinski definition) is 1. The highest BCUT2D eigenvalue weighted by atomic mass is 19.2. The molecule has 0 aromatic heterocycles. The fourth-order valence-corrected chi connectivity index (χ4v) is 1.18. The molecule has 0 bridgehead atoms. The number of hydrogen-bond donors (Lipinski definition) is 1. The first-order valence-electron chi connectivity index (χ1n) is 4.22. The van der Waals surface area contributed by atoms with Crippen molar-refractivity contribution in [1.29, 1.82) is 0 Å². The summed E-state index contributed by atoms with van der Waals surface area (Å²) in [5.41, 5.74) is 0.934. The normalized spacial score (nSPS) is 14.1. The summed E-state index contributed by atoms with van der Waals surface area (Å²) in [7, 11) is 0. The molecule has 0 unspecified atom stereocenters. The van der Waals surface area contributed by atoms with E-state index in [-0.39, 0.29) is 6.47 Å². The maximum Gasteiger partial charge on any atom is 0.290 e. The van der Waals surface area contributed by atoms with Gasteiger partial charge in [-0.05, 0) is 36.5 Å². The topological polar surface area (TPSA) is 37.3 Å². The van der Waals surface area contributed by atoms with Gasteiger partial charge in [-0.1, -0.05) is 6.07 Å². The van der Waals surface area contributed by atoms with Crippen molar-refractivity contribution in [3.63, 3.8) is 0 Å². The van der Waals surface area contributed by atoms with Crippen LogP contribution in [0.3, 0.4) is 0 Å². The minimum Gasteiger partial charge on any atom is -0.483 e. The summed E-state index contributed by atoms with van der Waals surface area (Å²) < 4.78 is 25.0. The Hall–Kier alpha value is -1.45. The zero-order valence-corrected chi connectivity index (χ0v) is 7.41. The van der Waals surface area contributed by atoms with E-state index < -0.39 is 11.6 Å². The summed E-state index contributed by atoms with van der Waals surface area (Å²) in [4.78, 5) is 8.36. The molecule has 1 N–H and O–H groups in total. The first-order chi connectivity index (χ1) is 6.69. The van der Waals surface area contributed by atoms with E-state index in [4.69, 9.17) is 9.90 Å². The highest BCUT2D eigenvalue weighted by molar-refractivity contribution is 5.32. The number of rotatable bonds is 1. The highest BCUT2D eigenvalue weighted by Gasteiger charge is 2.24. The second-order valence-electron chi connectivity index (χ2n) is 3.05. The molecular weight excluding hydrogens is 190 g/mol. The third-order valence-corrected chi connectivity index (χ3v) is 1.99.